The molecule has 1 atom stereocenters. The van der Waals surface area contributed by atoms with Crippen molar-refractivity contribution in [1.82, 2.24) is 14.3 Å². The summed E-state index contributed by atoms with van der Waals surface area (Å²) in [6.45, 7) is 5.78. The molecule has 27 heavy (non-hydrogen) atoms. The Morgan fingerprint density at radius 1 is 1.44 bits per heavy atom. The van der Waals surface area contributed by atoms with Gasteiger partial charge in [-0.3, -0.25) is 18.9 Å². The van der Waals surface area contributed by atoms with Gasteiger partial charge in [0.2, 0.25) is 0 Å². The minimum atomic E-state index is -0.625. The minimum Gasteiger partial charge on any atom is -0.392 e. The van der Waals surface area contributed by atoms with Gasteiger partial charge in [0.15, 0.2) is 0 Å². The smallest absolute Gasteiger partial charge is 0.267 e. The lowest BCUT2D eigenvalue weighted by Crippen LogP contribution is -2.28. The highest BCUT2D eigenvalue weighted by Gasteiger charge is 2.31. The van der Waals surface area contributed by atoms with E-state index >= 15 is 0 Å². The summed E-state index contributed by atoms with van der Waals surface area (Å²) in [5.41, 5.74) is 0.382. The van der Waals surface area contributed by atoms with Crippen molar-refractivity contribution in [3.8, 4) is 0 Å². The second-order valence-corrected chi connectivity index (χ2v) is 7.59. The van der Waals surface area contributed by atoms with Crippen molar-refractivity contribution in [2.45, 2.75) is 13.0 Å². The first-order valence-electron chi connectivity index (χ1n) is 8.22. The van der Waals surface area contributed by atoms with Crippen molar-refractivity contribution in [1.29, 1.82) is 0 Å². The predicted octanol–water partition coefficient (Wildman–Crippen LogP) is 1.87. The van der Waals surface area contributed by atoms with E-state index in [2.05, 4.69) is 16.9 Å². The Morgan fingerprint density at radius 2 is 2.22 bits per heavy atom. The number of rotatable bonds is 6. The van der Waals surface area contributed by atoms with Gasteiger partial charge in [0.1, 0.15) is 15.8 Å². The molecule has 0 saturated carbocycles. The number of thiocarbonyl (C=S) groups is 1. The summed E-state index contributed by atoms with van der Waals surface area (Å²) in [5.74, 6) is 0.0324. The van der Waals surface area contributed by atoms with Crippen LogP contribution in [-0.2, 0) is 4.79 Å². The summed E-state index contributed by atoms with van der Waals surface area (Å²) in [6, 6.07) is 5.22. The van der Waals surface area contributed by atoms with Crippen LogP contribution in [0.25, 0.3) is 11.7 Å². The van der Waals surface area contributed by atoms with Crippen LogP contribution in [0.15, 0.2) is 46.8 Å². The van der Waals surface area contributed by atoms with Crippen molar-refractivity contribution in [3.05, 3.63) is 57.9 Å². The van der Waals surface area contributed by atoms with E-state index < -0.39 is 6.10 Å². The normalized spacial score (nSPS) is 17.0. The number of fused-ring (bicyclic) bond motifs is 1. The molecule has 1 aliphatic heterocycles. The molecule has 2 N–H and O–H groups in total. The fraction of sp³-hybridized carbons (Fsp3) is 0.222. The zero-order valence-electron chi connectivity index (χ0n) is 14.6. The molecule has 3 rings (SSSR count). The summed E-state index contributed by atoms with van der Waals surface area (Å²) in [6.07, 6.45) is 4.08. The number of amides is 1. The summed E-state index contributed by atoms with van der Waals surface area (Å²) in [4.78, 5) is 31.8. The van der Waals surface area contributed by atoms with Gasteiger partial charge in [0.05, 0.1) is 16.6 Å². The van der Waals surface area contributed by atoms with Crippen LogP contribution in [0.4, 0.5) is 5.82 Å². The molecule has 0 bridgehead atoms. The van der Waals surface area contributed by atoms with Crippen LogP contribution in [-0.4, -0.2) is 48.8 Å². The van der Waals surface area contributed by atoms with E-state index in [9.17, 15) is 14.7 Å². The molecule has 0 unspecified atom stereocenters. The van der Waals surface area contributed by atoms with Crippen LogP contribution in [0.2, 0.25) is 0 Å². The molecule has 7 nitrogen and oxygen atoms in total. The van der Waals surface area contributed by atoms with Crippen LogP contribution in [0.5, 0.6) is 0 Å². The number of aromatic nitrogens is 2. The zero-order valence-corrected chi connectivity index (χ0v) is 16.2. The third-order valence-electron chi connectivity index (χ3n) is 3.79. The van der Waals surface area contributed by atoms with Crippen molar-refractivity contribution >= 4 is 51.7 Å². The third-order valence-corrected chi connectivity index (χ3v) is 5.17. The first-order valence-corrected chi connectivity index (χ1v) is 9.44. The third kappa shape index (κ3) is 3.95. The van der Waals surface area contributed by atoms with Gasteiger partial charge in [0, 0.05) is 19.3 Å². The standard InChI is InChI=1S/C18H18N4O3S2/c1-3-7-22-17(25)13(27-18(22)26)9-12-15(19-10-11(2)23)20-14-6-4-5-8-21(14)16(12)24/h3-6,8-9,11,19,23H,1,7,10H2,2H3/b13-9-/t11-/m0/s1. The second kappa shape index (κ2) is 8.03. The van der Waals surface area contributed by atoms with Gasteiger partial charge in [-0.05, 0) is 25.1 Å². The molecule has 0 aromatic carbocycles. The highest BCUT2D eigenvalue weighted by molar-refractivity contribution is 8.26. The molecule has 0 spiro atoms. The number of hydrogen-bond donors (Lipinski definition) is 2. The molecule has 9 heteroatoms. The molecule has 1 aliphatic rings. The molecule has 0 aliphatic carbocycles. The number of nitrogens with zero attached hydrogens (tertiary/aromatic N) is 3. The number of carbonyl (C=O) groups is 1. The molecular weight excluding hydrogens is 384 g/mol. The van der Waals surface area contributed by atoms with E-state index in [-0.39, 0.29) is 23.6 Å². The van der Waals surface area contributed by atoms with Crippen molar-refractivity contribution in [3.63, 3.8) is 0 Å². The maximum atomic E-state index is 13.0. The number of pyridine rings is 1. The molecule has 140 valence electrons. The van der Waals surface area contributed by atoms with Gasteiger partial charge >= 0.3 is 0 Å². The van der Waals surface area contributed by atoms with Crippen molar-refractivity contribution < 1.29 is 9.90 Å². The van der Waals surface area contributed by atoms with E-state index in [0.29, 0.717) is 27.2 Å². The van der Waals surface area contributed by atoms with E-state index in [1.54, 1.807) is 37.4 Å². The van der Waals surface area contributed by atoms with Crippen LogP contribution in [0.1, 0.15) is 12.5 Å². The summed E-state index contributed by atoms with van der Waals surface area (Å²) < 4.78 is 1.82. The zero-order chi connectivity index (χ0) is 19.6. The SMILES string of the molecule is C=CCN1C(=O)/C(=C/c2c(NC[C@H](C)O)nc3ccccn3c2=O)SC1=S. The number of hydrogen-bond acceptors (Lipinski definition) is 7. The van der Waals surface area contributed by atoms with Gasteiger partial charge in [0.25, 0.3) is 11.5 Å². The average Bonchev–Trinajstić information content (AvgIpc) is 2.90. The van der Waals surface area contributed by atoms with Crippen LogP contribution in [0.3, 0.4) is 0 Å². The Kier molecular flexibility index (Phi) is 5.73. The number of thioether (sulfide) groups is 1. The first kappa shape index (κ1) is 19.3. The highest BCUT2D eigenvalue weighted by Crippen LogP contribution is 2.32. The molecule has 3 heterocycles. The van der Waals surface area contributed by atoms with Crippen molar-refractivity contribution in [2.24, 2.45) is 0 Å². The number of carbonyl (C=O) groups excluding carboxylic acids is 1. The lowest BCUT2D eigenvalue weighted by atomic mass is 10.2. The quantitative estimate of drug-likeness (QED) is 0.433. The molecule has 1 amide bonds. The Bertz CT molecular complexity index is 1010. The fourth-order valence-corrected chi connectivity index (χ4v) is 3.79. The Balaban J connectivity index is 2.12. The Morgan fingerprint density at radius 3 is 2.93 bits per heavy atom. The van der Waals surface area contributed by atoms with E-state index in [1.807, 2.05) is 0 Å². The maximum Gasteiger partial charge on any atom is 0.267 e. The number of aliphatic hydroxyl groups excluding tert-OH is 1. The van der Waals surface area contributed by atoms with Gasteiger partial charge in [-0.15, -0.1) is 6.58 Å². The van der Waals surface area contributed by atoms with Crippen molar-refractivity contribution in [2.75, 3.05) is 18.4 Å². The monoisotopic (exact) mass is 402 g/mol. The number of anilines is 1. The van der Waals surface area contributed by atoms with E-state index in [4.69, 9.17) is 12.2 Å². The van der Waals surface area contributed by atoms with E-state index in [1.165, 1.54) is 15.4 Å². The maximum absolute atomic E-state index is 13.0. The van der Waals surface area contributed by atoms with Gasteiger partial charge in [-0.25, -0.2) is 4.98 Å². The summed E-state index contributed by atoms with van der Waals surface area (Å²) in [7, 11) is 0. The Labute approximate surface area is 165 Å². The van der Waals surface area contributed by atoms with Crippen LogP contribution in [0, 0.1) is 0 Å². The molecule has 2 aromatic rings. The first-order chi connectivity index (χ1) is 12.9. The topological polar surface area (TPSA) is 86.9 Å². The molecule has 2 aromatic heterocycles. The summed E-state index contributed by atoms with van der Waals surface area (Å²) >= 11 is 6.37. The molecule has 1 fully saturated rings. The second-order valence-electron chi connectivity index (χ2n) is 5.92. The predicted molar refractivity (Wildman–Crippen MR) is 112 cm³/mol. The van der Waals surface area contributed by atoms with E-state index in [0.717, 1.165) is 11.8 Å². The average molecular weight is 403 g/mol. The fourth-order valence-electron chi connectivity index (χ4n) is 2.53. The molecule has 0 radical (unpaired) electrons. The van der Waals surface area contributed by atoms with Crippen LogP contribution >= 0.6 is 24.0 Å². The largest absolute Gasteiger partial charge is 0.392 e. The molecular formula is C18H18N4O3S2. The lowest BCUT2D eigenvalue weighted by Gasteiger charge is -2.12. The minimum absolute atomic E-state index is 0.216. The molecule has 1 saturated heterocycles. The highest BCUT2D eigenvalue weighted by atomic mass is 32.2. The number of aliphatic hydroxyl groups is 1. The summed E-state index contributed by atoms with van der Waals surface area (Å²) in [5, 5.41) is 12.5. The van der Waals surface area contributed by atoms with Crippen LogP contribution < -0.4 is 10.9 Å². The number of nitrogens with one attached hydrogen (secondary N) is 1. The van der Waals surface area contributed by atoms with Gasteiger partial charge in [-0.2, -0.15) is 0 Å². The Hall–Kier alpha value is -2.49. The van der Waals surface area contributed by atoms with Gasteiger partial charge < -0.3 is 10.4 Å². The lowest BCUT2D eigenvalue weighted by molar-refractivity contribution is -0.121. The van der Waals surface area contributed by atoms with Gasteiger partial charge in [-0.1, -0.05) is 36.1 Å².